The molecule has 0 spiro atoms. The summed E-state index contributed by atoms with van der Waals surface area (Å²) in [6.45, 7) is 1.96. The fourth-order valence-corrected chi connectivity index (χ4v) is 2.05. The van der Waals surface area contributed by atoms with Crippen LogP contribution in [0.15, 0.2) is 16.8 Å². The van der Waals surface area contributed by atoms with Crippen LogP contribution in [0.5, 0.6) is 0 Å². The molecule has 4 N–H and O–H groups in total. The normalized spacial score (nSPS) is 13.7. The maximum absolute atomic E-state index is 11.5. The van der Waals surface area contributed by atoms with Crippen LogP contribution in [0, 0.1) is 0 Å². The lowest BCUT2D eigenvalue weighted by Crippen LogP contribution is -2.38. The van der Waals surface area contributed by atoms with Gasteiger partial charge in [0.25, 0.3) is 0 Å². The molecule has 0 fully saturated rings. The number of carboxylic acids is 1. The number of amides is 2. The van der Waals surface area contributed by atoms with Gasteiger partial charge < -0.3 is 20.8 Å². The number of aliphatic hydroxyl groups excluding tert-OH is 1. The molecule has 7 heteroatoms. The second-order valence-corrected chi connectivity index (χ2v) is 4.60. The first-order chi connectivity index (χ1) is 8.50. The van der Waals surface area contributed by atoms with Crippen LogP contribution in [0.4, 0.5) is 4.79 Å². The van der Waals surface area contributed by atoms with E-state index in [-0.39, 0.29) is 25.0 Å². The summed E-state index contributed by atoms with van der Waals surface area (Å²) in [5.41, 5.74) is 1.01. The fourth-order valence-electron chi connectivity index (χ4n) is 1.30. The first-order valence-electron chi connectivity index (χ1n) is 5.48. The summed E-state index contributed by atoms with van der Waals surface area (Å²) < 4.78 is 0. The Balaban J connectivity index is 2.24. The molecule has 0 radical (unpaired) electrons. The molecule has 2 amide bonds. The third-order valence-electron chi connectivity index (χ3n) is 2.38. The standard InChI is InChI=1S/C11H16N2O4S/c1-7(8-3-5-18-6-8)13-11(17)12-4-2-9(14)10(15)16/h3,5-7,9,14H,2,4H2,1H3,(H,15,16)(H2,12,13,17)/t7?,9-/m0/s1. The van der Waals surface area contributed by atoms with Crippen molar-refractivity contribution >= 4 is 23.3 Å². The third-order valence-corrected chi connectivity index (χ3v) is 3.08. The van der Waals surface area contributed by atoms with E-state index >= 15 is 0 Å². The van der Waals surface area contributed by atoms with Crippen LogP contribution in [0.1, 0.15) is 24.9 Å². The van der Waals surface area contributed by atoms with Crippen LogP contribution >= 0.6 is 11.3 Å². The van der Waals surface area contributed by atoms with Crippen molar-refractivity contribution in [2.45, 2.75) is 25.5 Å². The van der Waals surface area contributed by atoms with E-state index < -0.39 is 12.1 Å². The number of nitrogens with one attached hydrogen (secondary N) is 2. The predicted molar refractivity (Wildman–Crippen MR) is 67.5 cm³/mol. The minimum Gasteiger partial charge on any atom is -0.479 e. The molecule has 2 atom stereocenters. The SMILES string of the molecule is CC(NC(=O)NCC[C@H](O)C(=O)O)c1ccsc1. The van der Waals surface area contributed by atoms with Gasteiger partial charge in [0.05, 0.1) is 6.04 Å². The van der Waals surface area contributed by atoms with E-state index in [1.807, 2.05) is 23.8 Å². The molecule has 0 aliphatic rings. The molecule has 1 aromatic heterocycles. The van der Waals surface area contributed by atoms with Crippen molar-refractivity contribution in [1.29, 1.82) is 0 Å². The van der Waals surface area contributed by atoms with Crippen molar-refractivity contribution in [1.82, 2.24) is 10.6 Å². The Morgan fingerprint density at radius 3 is 2.78 bits per heavy atom. The highest BCUT2D eigenvalue weighted by molar-refractivity contribution is 7.07. The van der Waals surface area contributed by atoms with Gasteiger partial charge in [-0.2, -0.15) is 11.3 Å². The highest BCUT2D eigenvalue weighted by Gasteiger charge is 2.13. The zero-order valence-corrected chi connectivity index (χ0v) is 10.7. The summed E-state index contributed by atoms with van der Waals surface area (Å²) in [4.78, 5) is 21.8. The van der Waals surface area contributed by atoms with Gasteiger partial charge in [-0.3, -0.25) is 0 Å². The average Bonchev–Trinajstić information content (AvgIpc) is 2.81. The summed E-state index contributed by atoms with van der Waals surface area (Å²) in [5.74, 6) is -1.29. The molecule has 0 aliphatic carbocycles. The Bertz CT molecular complexity index is 394. The minimum atomic E-state index is -1.44. The highest BCUT2D eigenvalue weighted by Crippen LogP contribution is 2.14. The zero-order chi connectivity index (χ0) is 13.5. The van der Waals surface area contributed by atoms with Crippen molar-refractivity contribution in [2.24, 2.45) is 0 Å². The first kappa shape index (κ1) is 14.5. The average molecular weight is 272 g/mol. The van der Waals surface area contributed by atoms with Gasteiger partial charge in [-0.15, -0.1) is 0 Å². The Labute approximate surface area is 109 Å². The van der Waals surface area contributed by atoms with Crippen molar-refractivity contribution in [2.75, 3.05) is 6.54 Å². The van der Waals surface area contributed by atoms with E-state index in [0.717, 1.165) is 5.56 Å². The Hall–Kier alpha value is -1.60. The molecule has 1 aromatic rings. The molecule has 18 heavy (non-hydrogen) atoms. The monoisotopic (exact) mass is 272 g/mol. The van der Waals surface area contributed by atoms with E-state index in [1.165, 1.54) is 0 Å². The molecular weight excluding hydrogens is 256 g/mol. The Morgan fingerprint density at radius 1 is 1.50 bits per heavy atom. The summed E-state index contributed by atoms with van der Waals surface area (Å²) in [5, 5.41) is 26.5. The topological polar surface area (TPSA) is 98.7 Å². The van der Waals surface area contributed by atoms with Crippen molar-refractivity contribution in [3.8, 4) is 0 Å². The van der Waals surface area contributed by atoms with Crippen LogP contribution in [-0.4, -0.2) is 34.9 Å². The van der Waals surface area contributed by atoms with Crippen molar-refractivity contribution < 1.29 is 19.8 Å². The quantitative estimate of drug-likeness (QED) is 0.619. The van der Waals surface area contributed by atoms with E-state index in [2.05, 4.69) is 10.6 Å². The molecule has 1 unspecified atom stereocenters. The molecular formula is C11H16N2O4S. The number of aliphatic hydroxyl groups is 1. The number of aliphatic carboxylic acids is 1. The molecule has 0 saturated heterocycles. The van der Waals surface area contributed by atoms with Crippen molar-refractivity contribution in [3.05, 3.63) is 22.4 Å². The number of rotatable bonds is 6. The third kappa shape index (κ3) is 4.72. The van der Waals surface area contributed by atoms with Crippen LogP contribution in [0.2, 0.25) is 0 Å². The van der Waals surface area contributed by atoms with Gasteiger partial charge in [0.2, 0.25) is 0 Å². The molecule has 100 valence electrons. The van der Waals surface area contributed by atoms with Gasteiger partial charge in [-0.1, -0.05) is 0 Å². The lowest BCUT2D eigenvalue weighted by atomic mass is 10.2. The lowest BCUT2D eigenvalue weighted by Gasteiger charge is -2.14. The highest BCUT2D eigenvalue weighted by atomic mass is 32.1. The van der Waals surface area contributed by atoms with E-state index in [4.69, 9.17) is 10.2 Å². The molecule has 0 saturated carbocycles. The number of carbonyl (C=O) groups is 2. The number of carbonyl (C=O) groups excluding carboxylic acids is 1. The zero-order valence-electron chi connectivity index (χ0n) is 9.92. The van der Waals surface area contributed by atoms with E-state index in [9.17, 15) is 9.59 Å². The molecule has 0 aromatic carbocycles. The summed E-state index contributed by atoms with van der Waals surface area (Å²) in [6, 6.07) is 1.43. The largest absolute Gasteiger partial charge is 0.479 e. The molecule has 0 aliphatic heterocycles. The number of urea groups is 1. The van der Waals surface area contributed by atoms with Gasteiger partial charge in [0.1, 0.15) is 0 Å². The van der Waals surface area contributed by atoms with E-state index in [1.54, 1.807) is 11.3 Å². The van der Waals surface area contributed by atoms with Gasteiger partial charge in [-0.25, -0.2) is 9.59 Å². The minimum absolute atomic E-state index is 0.0183. The number of thiophene rings is 1. The molecule has 0 bridgehead atoms. The Morgan fingerprint density at radius 2 is 2.22 bits per heavy atom. The summed E-state index contributed by atoms with van der Waals surface area (Å²) >= 11 is 1.55. The number of carboxylic acid groups (broad SMARTS) is 1. The van der Waals surface area contributed by atoms with Crippen LogP contribution in [0.25, 0.3) is 0 Å². The maximum Gasteiger partial charge on any atom is 0.332 e. The predicted octanol–water partition coefficient (Wildman–Crippen LogP) is 0.944. The lowest BCUT2D eigenvalue weighted by molar-refractivity contribution is -0.146. The summed E-state index contributed by atoms with van der Waals surface area (Å²) in [7, 11) is 0. The maximum atomic E-state index is 11.5. The van der Waals surface area contributed by atoms with Gasteiger partial charge >= 0.3 is 12.0 Å². The van der Waals surface area contributed by atoms with Crippen LogP contribution in [0.3, 0.4) is 0 Å². The van der Waals surface area contributed by atoms with Gasteiger partial charge in [0.15, 0.2) is 6.10 Å². The second-order valence-electron chi connectivity index (χ2n) is 3.82. The van der Waals surface area contributed by atoms with Gasteiger partial charge in [-0.05, 0) is 29.3 Å². The van der Waals surface area contributed by atoms with Crippen LogP contribution in [-0.2, 0) is 4.79 Å². The fraction of sp³-hybridized carbons (Fsp3) is 0.455. The Kier molecular flexibility index (Phi) is 5.60. The first-order valence-corrected chi connectivity index (χ1v) is 6.42. The van der Waals surface area contributed by atoms with Crippen molar-refractivity contribution in [3.63, 3.8) is 0 Å². The molecule has 1 heterocycles. The summed E-state index contributed by atoms with van der Waals surface area (Å²) in [6.07, 6.45) is -1.46. The van der Waals surface area contributed by atoms with Crippen LogP contribution < -0.4 is 10.6 Å². The van der Waals surface area contributed by atoms with E-state index in [0.29, 0.717) is 0 Å². The smallest absolute Gasteiger partial charge is 0.332 e. The van der Waals surface area contributed by atoms with Gasteiger partial charge in [0, 0.05) is 13.0 Å². The molecule has 6 nitrogen and oxygen atoms in total. The number of hydrogen-bond donors (Lipinski definition) is 4. The second kappa shape index (κ2) is 6.97. The molecule has 1 rings (SSSR count). The number of hydrogen-bond acceptors (Lipinski definition) is 4.